The second-order valence-corrected chi connectivity index (χ2v) is 2.19. The Balaban J connectivity index is 2.39. The highest BCUT2D eigenvalue weighted by Gasteiger charge is 2.31. The molecule has 1 rings (SSSR count). The minimum Gasteiger partial charge on any atom is -0.463 e. The highest BCUT2D eigenvalue weighted by molar-refractivity contribution is 4.70. The summed E-state index contributed by atoms with van der Waals surface area (Å²) in [6.07, 6.45) is -2.55. The second-order valence-electron chi connectivity index (χ2n) is 2.19. The molecule has 48 valence electrons. The van der Waals surface area contributed by atoms with Crippen LogP contribution in [-0.4, -0.2) is 25.4 Å². The van der Waals surface area contributed by atoms with Gasteiger partial charge in [0.25, 0.3) is 0 Å². The van der Waals surface area contributed by atoms with Crippen LogP contribution in [0.25, 0.3) is 0 Å². The molecule has 1 aliphatic rings. The Morgan fingerprint density at radius 2 is 1.62 bits per heavy atom. The zero-order valence-electron chi connectivity index (χ0n) is 4.53. The van der Waals surface area contributed by atoms with E-state index in [1.165, 1.54) is 0 Å². The Morgan fingerprint density at radius 3 is 1.75 bits per heavy atom. The maximum Gasteiger partial charge on any atom is 0.183 e. The molecule has 0 saturated carbocycles. The van der Waals surface area contributed by atoms with Crippen molar-refractivity contribution < 1.29 is 13.7 Å². The minimum absolute atomic E-state index is 0.223. The number of hydrogen-bond donors (Lipinski definition) is 1. The van der Waals surface area contributed by atoms with Crippen LogP contribution in [-0.2, 0) is 0 Å². The maximum atomic E-state index is 12.1. The highest BCUT2D eigenvalue weighted by atomic mass is 19.2. The van der Waals surface area contributed by atoms with Gasteiger partial charge in [-0.25, -0.2) is 8.78 Å². The van der Waals surface area contributed by atoms with E-state index in [9.17, 15) is 8.78 Å². The molecule has 2 atom stereocenters. The van der Waals surface area contributed by atoms with Crippen LogP contribution in [0.5, 0.6) is 0 Å². The summed E-state index contributed by atoms with van der Waals surface area (Å²) >= 11 is 0. The normalized spacial score (nSPS) is 40.9. The molecule has 8 heavy (non-hydrogen) atoms. The number of alkyl halides is 2. The number of hydrogen-bond acceptors (Lipinski definition) is 0. The fourth-order valence-electron chi connectivity index (χ4n) is 0.891. The average molecular weight is 121 g/mol. The number of quaternary nitrogens is 1. The van der Waals surface area contributed by atoms with Crippen LogP contribution >= 0.6 is 0 Å². The van der Waals surface area contributed by atoms with Crippen molar-refractivity contribution >= 4 is 0 Å². The Kier molecular flexibility index (Phi) is 1.47. The van der Waals surface area contributed by atoms with Gasteiger partial charge in [0.15, 0.2) is 12.3 Å². The van der Waals surface area contributed by atoms with Crippen LogP contribution in [0.4, 0.5) is 8.78 Å². The van der Waals surface area contributed by atoms with Crippen LogP contribution in [0.3, 0.4) is 0 Å². The van der Waals surface area contributed by atoms with E-state index < -0.39 is 12.3 Å². The van der Waals surface area contributed by atoms with Gasteiger partial charge in [-0.15, -0.1) is 0 Å². The first kappa shape index (κ1) is 5.95. The van der Waals surface area contributed by atoms with Crippen LogP contribution in [0.2, 0.25) is 0 Å². The summed E-state index contributed by atoms with van der Waals surface area (Å²) in [5, 5.41) is 0. The summed E-state index contributed by atoms with van der Waals surface area (Å²) in [7, 11) is 3.48. The van der Waals surface area contributed by atoms with E-state index in [1.54, 1.807) is 0 Å². The van der Waals surface area contributed by atoms with Gasteiger partial charge in [-0.2, -0.15) is 7.05 Å². The van der Waals surface area contributed by atoms with Crippen molar-refractivity contribution in [2.24, 2.45) is 0 Å². The Morgan fingerprint density at radius 1 is 1.25 bits per heavy atom. The van der Waals surface area contributed by atoms with Gasteiger partial charge in [0.05, 0.1) is 13.1 Å². The van der Waals surface area contributed by atoms with Gasteiger partial charge < -0.3 is 4.90 Å². The molecule has 0 aromatic rings. The van der Waals surface area contributed by atoms with Crippen LogP contribution < -0.4 is 4.90 Å². The number of rotatable bonds is 0. The van der Waals surface area contributed by atoms with Crippen molar-refractivity contribution in [2.75, 3.05) is 13.1 Å². The molecular weight excluding hydrogens is 112 g/mol. The third-order valence-electron chi connectivity index (χ3n) is 1.36. The number of nitrogens with one attached hydrogen (secondary N) is 1. The summed E-state index contributed by atoms with van der Waals surface area (Å²) in [6, 6.07) is 0. The van der Waals surface area contributed by atoms with Crippen molar-refractivity contribution in [3.63, 3.8) is 0 Å². The van der Waals surface area contributed by atoms with Crippen molar-refractivity contribution in [3.05, 3.63) is 7.05 Å². The Bertz CT molecular complexity index is 76.5. The predicted molar refractivity (Wildman–Crippen MR) is 25.8 cm³/mol. The molecule has 1 nitrogen and oxygen atoms in total. The standard InChI is InChI=1S/C5H9F2N/c1-8-2-4(6)5(7)3-8/h4-5,8H,1-3H2/t4-,5-/m1/s1. The lowest BCUT2D eigenvalue weighted by molar-refractivity contribution is -0.842. The van der Waals surface area contributed by atoms with Crippen molar-refractivity contribution in [1.29, 1.82) is 0 Å². The topological polar surface area (TPSA) is 4.44 Å². The smallest absolute Gasteiger partial charge is 0.183 e. The zero-order chi connectivity index (χ0) is 6.15. The van der Waals surface area contributed by atoms with Crippen LogP contribution in [0.1, 0.15) is 0 Å². The molecule has 1 saturated heterocycles. The van der Waals surface area contributed by atoms with Gasteiger partial charge in [-0.05, 0) is 0 Å². The summed E-state index contributed by atoms with van der Waals surface area (Å²) in [5.41, 5.74) is 0. The molecule has 0 aromatic carbocycles. The van der Waals surface area contributed by atoms with E-state index in [2.05, 4.69) is 7.05 Å². The lowest BCUT2D eigenvalue weighted by Gasteiger charge is -2.09. The first-order valence-corrected chi connectivity index (χ1v) is 2.65. The molecular formula is C5H9F2N. The van der Waals surface area contributed by atoms with E-state index in [-0.39, 0.29) is 13.1 Å². The average Bonchev–Trinajstić information content (AvgIpc) is 1.85. The lowest BCUT2D eigenvalue weighted by Crippen LogP contribution is -3.05. The second kappa shape index (κ2) is 1.97. The zero-order valence-corrected chi connectivity index (χ0v) is 4.53. The lowest BCUT2D eigenvalue weighted by atomic mass is 10.3. The molecule has 0 amide bonds. The Hall–Kier alpha value is -0.180. The molecule has 0 bridgehead atoms. The first-order chi connectivity index (χ1) is 3.70. The molecule has 1 N–H and O–H groups in total. The van der Waals surface area contributed by atoms with Crippen molar-refractivity contribution in [1.82, 2.24) is 0 Å². The molecule has 1 fully saturated rings. The highest BCUT2D eigenvalue weighted by Crippen LogP contribution is 2.03. The summed E-state index contributed by atoms with van der Waals surface area (Å²) in [4.78, 5) is 0.699. The summed E-state index contributed by atoms with van der Waals surface area (Å²) in [5.74, 6) is 0. The Labute approximate surface area is 47.3 Å². The van der Waals surface area contributed by atoms with Crippen LogP contribution in [0, 0.1) is 7.05 Å². The fraction of sp³-hybridized carbons (Fsp3) is 0.800. The molecule has 3 heteroatoms. The van der Waals surface area contributed by atoms with Gasteiger partial charge in [-0.1, -0.05) is 0 Å². The molecule has 0 spiro atoms. The maximum absolute atomic E-state index is 12.1. The van der Waals surface area contributed by atoms with E-state index in [1.807, 2.05) is 0 Å². The molecule has 1 aliphatic heterocycles. The van der Waals surface area contributed by atoms with Crippen LogP contribution in [0.15, 0.2) is 0 Å². The molecule has 0 unspecified atom stereocenters. The summed E-state index contributed by atoms with van der Waals surface area (Å²) < 4.78 is 24.3. The quantitative estimate of drug-likeness (QED) is 0.406. The molecule has 0 radical (unpaired) electrons. The summed E-state index contributed by atoms with van der Waals surface area (Å²) in [6.45, 7) is 0.447. The number of likely N-dealkylation sites (tertiary alicyclic amines) is 1. The first-order valence-electron chi connectivity index (χ1n) is 2.65. The SMILES string of the molecule is [CH2-][NH+]1C[C@@H](F)[C@H](F)C1. The van der Waals surface area contributed by atoms with Gasteiger partial charge in [0.2, 0.25) is 0 Å². The van der Waals surface area contributed by atoms with Gasteiger partial charge in [0.1, 0.15) is 0 Å². The largest absolute Gasteiger partial charge is 0.463 e. The van der Waals surface area contributed by atoms with Crippen molar-refractivity contribution in [3.8, 4) is 0 Å². The fourth-order valence-corrected chi connectivity index (χ4v) is 0.891. The van der Waals surface area contributed by atoms with E-state index in [0.29, 0.717) is 4.90 Å². The van der Waals surface area contributed by atoms with Gasteiger partial charge >= 0.3 is 0 Å². The van der Waals surface area contributed by atoms with Gasteiger partial charge in [0, 0.05) is 0 Å². The monoisotopic (exact) mass is 121 g/mol. The van der Waals surface area contributed by atoms with Crippen molar-refractivity contribution in [2.45, 2.75) is 12.3 Å². The van der Waals surface area contributed by atoms with E-state index in [4.69, 9.17) is 0 Å². The molecule has 0 aromatic heterocycles. The predicted octanol–water partition coefficient (Wildman–Crippen LogP) is -0.647. The number of halogens is 2. The van der Waals surface area contributed by atoms with E-state index >= 15 is 0 Å². The van der Waals surface area contributed by atoms with E-state index in [0.717, 1.165) is 0 Å². The molecule has 1 heterocycles. The third-order valence-corrected chi connectivity index (χ3v) is 1.36. The van der Waals surface area contributed by atoms with Gasteiger partial charge in [-0.3, -0.25) is 0 Å². The third kappa shape index (κ3) is 0.968. The molecule has 0 aliphatic carbocycles. The minimum atomic E-state index is -1.28.